The van der Waals surface area contributed by atoms with Gasteiger partial charge in [0, 0.05) is 25.0 Å². The van der Waals surface area contributed by atoms with E-state index in [1.807, 2.05) is 17.9 Å². The molecule has 100 valence electrons. The first-order valence-electron chi connectivity index (χ1n) is 6.64. The van der Waals surface area contributed by atoms with Crippen LogP contribution in [-0.2, 0) is 4.79 Å². The van der Waals surface area contributed by atoms with Crippen molar-refractivity contribution in [2.24, 2.45) is 0 Å². The largest absolute Gasteiger partial charge is 0.395 e. The van der Waals surface area contributed by atoms with Gasteiger partial charge in [-0.25, -0.2) is 0 Å². The van der Waals surface area contributed by atoms with Gasteiger partial charge in [0.2, 0.25) is 5.91 Å². The van der Waals surface area contributed by atoms with Gasteiger partial charge in [-0.2, -0.15) is 5.10 Å². The summed E-state index contributed by atoms with van der Waals surface area (Å²) in [5.74, 6) is 0.0552. The van der Waals surface area contributed by atoms with Crippen molar-refractivity contribution in [1.82, 2.24) is 14.7 Å². The predicted molar refractivity (Wildman–Crippen MR) is 68.0 cm³/mol. The van der Waals surface area contributed by atoms with Crippen LogP contribution in [0.2, 0.25) is 0 Å². The highest BCUT2D eigenvalue weighted by Gasteiger charge is 2.29. The molecule has 0 aromatic carbocycles. The fraction of sp³-hybridized carbons (Fsp3) is 0.692. The van der Waals surface area contributed by atoms with Crippen LogP contribution in [0.5, 0.6) is 0 Å². The Balaban J connectivity index is 2.07. The summed E-state index contributed by atoms with van der Waals surface area (Å²) in [6.45, 7) is 2.30. The molecule has 1 aromatic rings. The molecule has 5 heteroatoms. The van der Waals surface area contributed by atoms with Crippen LogP contribution in [-0.4, -0.2) is 44.9 Å². The van der Waals surface area contributed by atoms with Crippen LogP contribution < -0.4 is 0 Å². The van der Waals surface area contributed by atoms with Gasteiger partial charge in [-0.3, -0.25) is 9.48 Å². The number of aliphatic hydroxyl groups excluding tert-OH is 1. The summed E-state index contributed by atoms with van der Waals surface area (Å²) >= 11 is 0. The third-order valence-electron chi connectivity index (χ3n) is 3.67. The minimum atomic E-state index is -0.299. The Morgan fingerprint density at radius 2 is 2.28 bits per heavy atom. The summed E-state index contributed by atoms with van der Waals surface area (Å²) in [7, 11) is 0. The average molecular weight is 251 g/mol. The first kappa shape index (κ1) is 13.1. The van der Waals surface area contributed by atoms with Crippen molar-refractivity contribution >= 4 is 5.91 Å². The molecule has 1 aromatic heterocycles. The lowest BCUT2D eigenvalue weighted by molar-refractivity contribution is -0.137. The molecule has 1 N–H and O–H groups in total. The van der Waals surface area contributed by atoms with E-state index in [2.05, 4.69) is 5.10 Å². The number of aromatic nitrogens is 2. The molecular formula is C13H21N3O2. The number of carbonyl (C=O) groups excluding carboxylic acids is 1. The van der Waals surface area contributed by atoms with Crippen molar-refractivity contribution in [1.29, 1.82) is 0 Å². The Morgan fingerprint density at radius 3 is 2.83 bits per heavy atom. The number of nitrogens with zero attached hydrogens (tertiary/aromatic N) is 3. The van der Waals surface area contributed by atoms with E-state index < -0.39 is 0 Å². The Labute approximate surface area is 107 Å². The second kappa shape index (κ2) is 6.00. The number of amides is 1. The van der Waals surface area contributed by atoms with Gasteiger partial charge in [0.15, 0.2) is 0 Å². The van der Waals surface area contributed by atoms with E-state index in [-0.39, 0.29) is 18.6 Å². The number of rotatable bonds is 5. The van der Waals surface area contributed by atoms with Crippen LogP contribution in [0, 0.1) is 0 Å². The van der Waals surface area contributed by atoms with Crippen LogP contribution in [0.4, 0.5) is 0 Å². The van der Waals surface area contributed by atoms with Crippen LogP contribution >= 0.6 is 0 Å². The van der Waals surface area contributed by atoms with Crippen molar-refractivity contribution in [3.8, 4) is 0 Å². The highest BCUT2D eigenvalue weighted by molar-refractivity contribution is 5.80. The number of aliphatic hydroxyl groups is 1. The third kappa shape index (κ3) is 2.72. The zero-order valence-corrected chi connectivity index (χ0v) is 10.8. The van der Waals surface area contributed by atoms with Crippen molar-refractivity contribution in [2.45, 2.75) is 44.7 Å². The van der Waals surface area contributed by atoms with Crippen LogP contribution in [0.25, 0.3) is 0 Å². The van der Waals surface area contributed by atoms with Gasteiger partial charge >= 0.3 is 0 Å². The molecule has 0 aliphatic heterocycles. The second-order valence-electron chi connectivity index (χ2n) is 4.86. The van der Waals surface area contributed by atoms with E-state index >= 15 is 0 Å². The molecule has 1 amide bonds. The molecule has 5 nitrogen and oxygen atoms in total. The smallest absolute Gasteiger partial charge is 0.247 e. The minimum absolute atomic E-state index is 0.0219. The zero-order valence-electron chi connectivity index (χ0n) is 10.8. The molecule has 1 saturated carbocycles. The summed E-state index contributed by atoms with van der Waals surface area (Å²) in [6, 6.07) is 1.81. The van der Waals surface area contributed by atoms with Crippen molar-refractivity contribution < 1.29 is 9.90 Å². The molecule has 1 atom stereocenters. The van der Waals surface area contributed by atoms with Crippen LogP contribution in [0.3, 0.4) is 0 Å². The normalized spacial score (nSPS) is 17.9. The topological polar surface area (TPSA) is 58.4 Å². The molecule has 2 rings (SSSR count). The fourth-order valence-corrected chi connectivity index (χ4v) is 2.66. The Morgan fingerprint density at radius 1 is 1.56 bits per heavy atom. The molecule has 0 spiro atoms. The van der Waals surface area contributed by atoms with E-state index in [0.29, 0.717) is 12.6 Å². The number of hydrogen-bond acceptors (Lipinski definition) is 3. The molecule has 0 radical (unpaired) electrons. The van der Waals surface area contributed by atoms with E-state index in [1.165, 1.54) is 12.8 Å². The molecule has 1 heterocycles. The quantitative estimate of drug-likeness (QED) is 0.855. The summed E-state index contributed by atoms with van der Waals surface area (Å²) in [6.07, 6.45) is 7.94. The molecule has 1 aliphatic carbocycles. The molecule has 0 bridgehead atoms. The monoisotopic (exact) mass is 251 g/mol. The highest BCUT2D eigenvalue weighted by atomic mass is 16.3. The second-order valence-corrected chi connectivity index (χ2v) is 4.86. The van der Waals surface area contributed by atoms with E-state index in [9.17, 15) is 4.79 Å². The van der Waals surface area contributed by atoms with Gasteiger partial charge in [0.1, 0.15) is 6.04 Å². The van der Waals surface area contributed by atoms with Gasteiger partial charge in [-0.1, -0.05) is 12.8 Å². The van der Waals surface area contributed by atoms with Gasteiger partial charge < -0.3 is 10.0 Å². The summed E-state index contributed by atoms with van der Waals surface area (Å²) in [5.41, 5.74) is 0. The van der Waals surface area contributed by atoms with Crippen LogP contribution in [0.15, 0.2) is 18.5 Å². The molecule has 0 saturated heterocycles. The lowest BCUT2D eigenvalue weighted by Crippen LogP contribution is -2.44. The first-order chi connectivity index (χ1) is 8.74. The fourth-order valence-electron chi connectivity index (χ4n) is 2.66. The first-order valence-corrected chi connectivity index (χ1v) is 6.64. The van der Waals surface area contributed by atoms with Gasteiger partial charge in [-0.15, -0.1) is 0 Å². The predicted octanol–water partition coefficient (Wildman–Crippen LogP) is 1.21. The number of hydrogen-bond donors (Lipinski definition) is 1. The maximum atomic E-state index is 12.5. The molecule has 1 fully saturated rings. The lowest BCUT2D eigenvalue weighted by atomic mass is 10.1. The minimum Gasteiger partial charge on any atom is -0.395 e. The average Bonchev–Trinajstić information content (AvgIpc) is 3.05. The van der Waals surface area contributed by atoms with Gasteiger partial charge in [-0.05, 0) is 25.8 Å². The van der Waals surface area contributed by atoms with Crippen LogP contribution in [0.1, 0.15) is 38.6 Å². The van der Waals surface area contributed by atoms with Crippen molar-refractivity contribution in [2.75, 3.05) is 13.2 Å². The SMILES string of the molecule is CC(C(=O)N(CCO)C1CCCC1)n1cccn1. The standard InChI is InChI=1S/C13H21N3O2/c1-11(16-8-4-7-14-16)13(18)15(9-10-17)12-5-2-3-6-12/h4,7-8,11-12,17H,2-3,5-6,9-10H2,1H3. The number of carbonyl (C=O) groups is 1. The maximum absolute atomic E-state index is 12.5. The Hall–Kier alpha value is -1.36. The van der Waals surface area contributed by atoms with Gasteiger partial charge in [0.25, 0.3) is 0 Å². The van der Waals surface area contributed by atoms with E-state index in [1.54, 1.807) is 17.1 Å². The Kier molecular flexibility index (Phi) is 4.36. The summed E-state index contributed by atoms with van der Waals surface area (Å²) in [5, 5.41) is 13.3. The molecule has 1 unspecified atom stereocenters. The molecular weight excluding hydrogens is 230 g/mol. The van der Waals surface area contributed by atoms with E-state index in [0.717, 1.165) is 12.8 Å². The Bertz CT molecular complexity index is 372. The third-order valence-corrected chi connectivity index (χ3v) is 3.67. The molecule has 1 aliphatic rings. The van der Waals surface area contributed by atoms with Crippen molar-refractivity contribution in [3.05, 3.63) is 18.5 Å². The molecule has 18 heavy (non-hydrogen) atoms. The summed E-state index contributed by atoms with van der Waals surface area (Å²) in [4.78, 5) is 14.3. The maximum Gasteiger partial charge on any atom is 0.247 e. The highest BCUT2D eigenvalue weighted by Crippen LogP contribution is 2.25. The van der Waals surface area contributed by atoms with Crippen molar-refractivity contribution in [3.63, 3.8) is 0 Å². The summed E-state index contributed by atoms with van der Waals surface area (Å²) < 4.78 is 1.67. The zero-order chi connectivity index (χ0) is 13.0. The van der Waals surface area contributed by atoms with E-state index in [4.69, 9.17) is 5.11 Å². The van der Waals surface area contributed by atoms with Gasteiger partial charge in [0.05, 0.1) is 6.61 Å². The lowest BCUT2D eigenvalue weighted by Gasteiger charge is -2.30.